The Balaban J connectivity index is 2.75. The first-order valence-electron chi connectivity index (χ1n) is 2.92. The Labute approximate surface area is 70.9 Å². The van der Waals surface area contributed by atoms with Crippen molar-refractivity contribution in [3.8, 4) is 0 Å². The third kappa shape index (κ3) is 1.38. The Bertz CT molecular complexity index is 277. The van der Waals surface area contributed by atoms with E-state index in [1.165, 1.54) is 0 Å². The molecule has 7 nitrogen and oxygen atoms in total. The van der Waals surface area contributed by atoms with Crippen molar-refractivity contribution in [1.29, 1.82) is 0 Å². The normalized spacial score (nSPS) is 28.2. The third-order valence-electron chi connectivity index (χ3n) is 1.34. The second-order valence-corrected chi connectivity index (χ2v) is 3.54. The first-order chi connectivity index (χ1) is 5.46. The van der Waals surface area contributed by atoms with Gasteiger partial charge in [-0.1, -0.05) is 0 Å². The van der Waals surface area contributed by atoms with E-state index < -0.39 is 14.8 Å². The largest absolute Gasteiger partial charge is 0.333 e. The highest BCUT2D eigenvalue weighted by atomic mass is 32.2. The molecule has 0 fully saturated rings. The number of hydrogen-bond donors (Lipinski definition) is 1. The predicted octanol–water partition coefficient (Wildman–Crippen LogP) is 0.131. The van der Waals surface area contributed by atoms with E-state index in [9.17, 15) is 20.2 Å². The van der Waals surface area contributed by atoms with Gasteiger partial charge in [0.25, 0.3) is 0 Å². The molecule has 12 heavy (non-hydrogen) atoms. The Kier molecular flexibility index (Phi) is 2.02. The molecule has 0 aromatic carbocycles. The molecule has 0 bridgehead atoms. The average Bonchev–Trinajstić information content (AvgIpc) is 2.33. The number of nitro groups is 2. The van der Waals surface area contributed by atoms with Crippen LogP contribution in [0.5, 0.6) is 0 Å². The Hall–Kier alpha value is -1.15. The Morgan fingerprint density at radius 3 is 2.42 bits per heavy atom. The van der Waals surface area contributed by atoms with E-state index >= 15 is 0 Å². The molecule has 1 aliphatic heterocycles. The summed E-state index contributed by atoms with van der Waals surface area (Å²) in [6.45, 7) is 0. The Morgan fingerprint density at radius 1 is 1.58 bits per heavy atom. The van der Waals surface area contributed by atoms with Crippen molar-refractivity contribution in [2.24, 2.45) is 5.73 Å². The van der Waals surface area contributed by atoms with Crippen molar-refractivity contribution >= 4 is 11.8 Å². The van der Waals surface area contributed by atoms with Crippen LogP contribution in [0.25, 0.3) is 0 Å². The summed E-state index contributed by atoms with van der Waals surface area (Å²) in [7, 11) is 0. The molecule has 0 spiro atoms. The van der Waals surface area contributed by atoms with Crippen LogP contribution in [-0.2, 0) is 0 Å². The average molecular weight is 191 g/mol. The molecule has 1 heterocycles. The van der Waals surface area contributed by atoms with Gasteiger partial charge >= 0.3 is 10.0 Å². The SMILES string of the molecule is NC1([N+](=O)[O-])CC=C([N+](=O)[O-])S1. The minimum absolute atomic E-state index is 0.110. The third-order valence-corrected chi connectivity index (χ3v) is 2.53. The molecule has 1 atom stereocenters. The zero-order chi connectivity index (χ0) is 9.35. The van der Waals surface area contributed by atoms with Gasteiger partial charge in [0.15, 0.2) is 0 Å². The van der Waals surface area contributed by atoms with Crippen molar-refractivity contribution in [3.05, 3.63) is 31.3 Å². The maximum atomic E-state index is 10.3. The van der Waals surface area contributed by atoms with Gasteiger partial charge in [-0.3, -0.25) is 26.0 Å². The highest BCUT2D eigenvalue weighted by molar-refractivity contribution is 8.04. The molecule has 0 radical (unpaired) electrons. The fraction of sp³-hybridized carbons (Fsp3) is 0.500. The molecule has 2 N–H and O–H groups in total. The smallest absolute Gasteiger partial charge is 0.262 e. The fourth-order valence-electron chi connectivity index (χ4n) is 0.722. The van der Waals surface area contributed by atoms with Gasteiger partial charge in [0.2, 0.25) is 0 Å². The number of thioether (sulfide) groups is 1. The van der Waals surface area contributed by atoms with Crippen LogP contribution in [0.1, 0.15) is 6.42 Å². The number of hydrogen-bond acceptors (Lipinski definition) is 6. The van der Waals surface area contributed by atoms with Gasteiger partial charge < -0.3 is 0 Å². The first kappa shape index (κ1) is 8.94. The molecule has 1 aliphatic rings. The van der Waals surface area contributed by atoms with Crippen LogP contribution in [0, 0.1) is 20.2 Å². The van der Waals surface area contributed by atoms with Crippen molar-refractivity contribution < 1.29 is 9.85 Å². The van der Waals surface area contributed by atoms with E-state index in [4.69, 9.17) is 5.73 Å². The van der Waals surface area contributed by atoms with Crippen LogP contribution in [-0.4, -0.2) is 14.8 Å². The number of nitrogens with two attached hydrogens (primary N) is 1. The van der Waals surface area contributed by atoms with Gasteiger partial charge in [0, 0.05) is 17.8 Å². The molecule has 0 aliphatic carbocycles. The molecule has 0 saturated heterocycles. The van der Waals surface area contributed by atoms with Crippen LogP contribution < -0.4 is 5.73 Å². The molecule has 0 aromatic rings. The minimum atomic E-state index is -1.75. The maximum Gasteiger partial charge on any atom is 0.333 e. The van der Waals surface area contributed by atoms with Crippen molar-refractivity contribution in [3.63, 3.8) is 0 Å². The molecule has 1 rings (SSSR count). The monoisotopic (exact) mass is 191 g/mol. The van der Waals surface area contributed by atoms with E-state index in [0.29, 0.717) is 11.8 Å². The standard InChI is InChI=1S/C4H5N3O4S/c5-4(7(10)11)2-1-3(12-4)6(8)9/h1H,2,5H2. The molecule has 8 heteroatoms. The molecular weight excluding hydrogens is 186 g/mol. The highest BCUT2D eigenvalue weighted by Crippen LogP contribution is 2.38. The summed E-state index contributed by atoms with van der Waals surface area (Å²) in [4.78, 5) is 17.3. The summed E-state index contributed by atoms with van der Waals surface area (Å²) in [5.41, 5.74) is 5.24. The zero-order valence-electron chi connectivity index (χ0n) is 5.80. The summed E-state index contributed by atoms with van der Waals surface area (Å²) in [5, 5.41) is 20.2. The van der Waals surface area contributed by atoms with Crippen molar-refractivity contribution in [2.75, 3.05) is 0 Å². The first-order valence-corrected chi connectivity index (χ1v) is 3.74. The van der Waals surface area contributed by atoms with Crippen LogP contribution in [0.15, 0.2) is 11.1 Å². The molecular formula is C4H5N3O4S. The second kappa shape index (κ2) is 2.72. The van der Waals surface area contributed by atoms with Crippen LogP contribution in [0.4, 0.5) is 0 Å². The Morgan fingerprint density at radius 2 is 2.17 bits per heavy atom. The topological polar surface area (TPSA) is 112 Å². The molecule has 1 unspecified atom stereocenters. The second-order valence-electron chi connectivity index (χ2n) is 2.21. The van der Waals surface area contributed by atoms with E-state index in [1.54, 1.807) is 0 Å². The summed E-state index contributed by atoms with van der Waals surface area (Å²) in [6, 6.07) is 0. The summed E-state index contributed by atoms with van der Waals surface area (Å²) >= 11 is 0.470. The summed E-state index contributed by atoms with van der Waals surface area (Å²) < 4.78 is 0. The van der Waals surface area contributed by atoms with Gasteiger partial charge in [0.05, 0.1) is 16.3 Å². The molecule has 66 valence electrons. The van der Waals surface area contributed by atoms with Gasteiger partial charge in [0.1, 0.15) is 0 Å². The maximum absolute atomic E-state index is 10.3. The van der Waals surface area contributed by atoms with Gasteiger partial charge in [-0.05, 0) is 0 Å². The van der Waals surface area contributed by atoms with E-state index in [-0.39, 0.29) is 11.4 Å². The number of rotatable bonds is 2. The van der Waals surface area contributed by atoms with Crippen LogP contribution in [0.3, 0.4) is 0 Å². The van der Waals surface area contributed by atoms with Crippen molar-refractivity contribution in [1.82, 2.24) is 0 Å². The fourth-order valence-corrected chi connectivity index (χ4v) is 1.57. The summed E-state index contributed by atoms with van der Waals surface area (Å²) in [6.07, 6.45) is 1.05. The zero-order valence-corrected chi connectivity index (χ0v) is 6.61. The van der Waals surface area contributed by atoms with Gasteiger partial charge in [-0.2, -0.15) is 0 Å². The lowest BCUT2D eigenvalue weighted by Gasteiger charge is -2.10. The van der Waals surface area contributed by atoms with Crippen molar-refractivity contribution in [2.45, 2.75) is 11.4 Å². The lowest BCUT2D eigenvalue weighted by atomic mass is 10.3. The van der Waals surface area contributed by atoms with Gasteiger partial charge in [-0.25, -0.2) is 0 Å². The summed E-state index contributed by atoms with van der Waals surface area (Å²) in [5.74, 6) is 0. The van der Waals surface area contributed by atoms with E-state index in [1.807, 2.05) is 0 Å². The predicted molar refractivity (Wildman–Crippen MR) is 41.2 cm³/mol. The van der Waals surface area contributed by atoms with Gasteiger partial charge in [-0.15, -0.1) is 0 Å². The molecule has 0 saturated carbocycles. The highest BCUT2D eigenvalue weighted by Gasteiger charge is 2.48. The molecule has 0 amide bonds. The lowest BCUT2D eigenvalue weighted by Crippen LogP contribution is -2.42. The minimum Gasteiger partial charge on any atom is -0.262 e. The molecule has 0 aromatic heterocycles. The quantitative estimate of drug-likeness (QED) is 0.377. The van der Waals surface area contributed by atoms with Crippen LogP contribution in [0.2, 0.25) is 0 Å². The number of nitrogens with zero attached hydrogens (tertiary/aromatic N) is 2. The van der Waals surface area contributed by atoms with Crippen LogP contribution >= 0.6 is 11.8 Å². The van der Waals surface area contributed by atoms with E-state index in [0.717, 1.165) is 6.08 Å². The van der Waals surface area contributed by atoms with E-state index in [2.05, 4.69) is 0 Å². The lowest BCUT2D eigenvalue weighted by molar-refractivity contribution is -0.535.